The number of thiazole rings is 1. The van der Waals surface area contributed by atoms with Crippen molar-refractivity contribution in [2.75, 3.05) is 11.1 Å². The summed E-state index contributed by atoms with van der Waals surface area (Å²) in [7, 11) is 1.81. The third-order valence-corrected chi connectivity index (χ3v) is 6.82. The van der Waals surface area contributed by atoms with E-state index in [4.69, 9.17) is 0 Å². The van der Waals surface area contributed by atoms with Gasteiger partial charge < -0.3 is 15.2 Å². The molecule has 34 heavy (non-hydrogen) atoms. The van der Waals surface area contributed by atoms with Gasteiger partial charge in [-0.15, -0.1) is 21.5 Å². The molecule has 0 aliphatic carbocycles. The standard InChI is InChI=1S/C24H24N6O2S2/c1-15-7-9-17(10-8-15)19-13-33-23(26-19)27-21(31)14-34-24-29-28-20(30(24)3)12-25-22(32)18-6-4-5-16(2)11-18/h4-11,13H,12,14H2,1-3H3,(H,25,32)(H,26,27,31). The van der Waals surface area contributed by atoms with Gasteiger partial charge in [-0.1, -0.05) is 59.3 Å². The lowest BCUT2D eigenvalue weighted by Crippen LogP contribution is -2.24. The Hall–Kier alpha value is -3.50. The van der Waals surface area contributed by atoms with E-state index in [0.717, 1.165) is 16.8 Å². The number of rotatable bonds is 8. The number of carbonyl (C=O) groups is 2. The Morgan fingerprint density at radius 2 is 1.85 bits per heavy atom. The first kappa shape index (κ1) is 23.7. The molecule has 0 aliphatic heterocycles. The summed E-state index contributed by atoms with van der Waals surface area (Å²) in [5.74, 6) is 0.425. The molecule has 0 aliphatic rings. The molecule has 0 spiro atoms. The molecule has 2 aromatic carbocycles. The fourth-order valence-electron chi connectivity index (χ4n) is 3.15. The molecule has 2 heterocycles. The van der Waals surface area contributed by atoms with Crippen LogP contribution in [0.25, 0.3) is 11.3 Å². The normalized spacial score (nSPS) is 10.8. The lowest BCUT2D eigenvalue weighted by atomic mass is 10.1. The van der Waals surface area contributed by atoms with Gasteiger partial charge in [0, 0.05) is 23.6 Å². The van der Waals surface area contributed by atoms with E-state index in [0.29, 0.717) is 21.7 Å². The van der Waals surface area contributed by atoms with Crippen LogP contribution in [-0.4, -0.2) is 37.3 Å². The number of thioether (sulfide) groups is 1. The number of amides is 2. The number of aryl methyl sites for hydroxylation is 2. The molecule has 0 atom stereocenters. The molecule has 0 saturated heterocycles. The first-order valence-electron chi connectivity index (χ1n) is 10.6. The maximum Gasteiger partial charge on any atom is 0.251 e. The Morgan fingerprint density at radius 1 is 1.06 bits per heavy atom. The van der Waals surface area contributed by atoms with Crippen LogP contribution >= 0.6 is 23.1 Å². The highest BCUT2D eigenvalue weighted by Crippen LogP contribution is 2.25. The first-order chi connectivity index (χ1) is 16.4. The van der Waals surface area contributed by atoms with E-state index in [2.05, 4.69) is 25.8 Å². The minimum absolute atomic E-state index is 0.168. The van der Waals surface area contributed by atoms with Crippen LogP contribution in [0.4, 0.5) is 5.13 Å². The van der Waals surface area contributed by atoms with Gasteiger partial charge in [0.2, 0.25) is 5.91 Å². The number of nitrogens with one attached hydrogen (secondary N) is 2. The number of aromatic nitrogens is 4. The second-order valence-electron chi connectivity index (χ2n) is 7.75. The summed E-state index contributed by atoms with van der Waals surface area (Å²) >= 11 is 2.66. The maximum atomic E-state index is 12.4. The molecule has 4 rings (SSSR count). The molecule has 8 nitrogen and oxygen atoms in total. The van der Waals surface area contributed by atoms with Crippen molar-refractivity contribution >= 4 is 40.0 Å². The summed E-state index contributed by atoms with van der Waals surface area (Å²) in [5.41, 5.74) is 4.65. The van der Waals surface area contributed by atoms with Gasteiger partial charge in [-0.25, -0.2) is 4.98 Å². The highest BCUT2D eigenvalue weighted by Gasteiger charge is 2.14. The largest absolute Gasteiger partial charge is 0.345 e. The Bertz CT molecular complexity index is 1310. The Kier molecular flexibility index (Phi) is 7.39. The fourth-order valence-corrected chi connectivity index (χ4v) is 4.61. The highest BCUT2D eigenvalue weighted by molar-refractivity contribution is 7.99. The van der Waals surface area contributed by atoms with E-state index in [1.54, 1.807) is 10.6 Å². The van der Waals surface area contributed by atoms with Crippen LogP contribution in [0.2, 0.25) is 0 Å². The summed E-state index contributed by atoms with van der Waals surface area (Å²) < 4.78 is 1.77. The van der Waals surface area contributed by atoms with Crippen LogP contribution in [0, 0.1) is 13.8 Å². The monoisotopic (exact) mass is 492 g/mol. The Morgan fingerprint density at radius 3 is 2.62 bits per heavy atom. The van der Waals surface area contributed by atoms with Crippen LogP contribution in [0.1, 0.15) is 27.3 Å². The van der Waals surface area contributed by atoms with E-state index >= 15 is 0 Å². The van der Waals surface area contributed by atoms with Gasteiger partial charge in [-0.2, -0.15) is 0 Å². The van der Waals surface area contributed by atoms with Crippen molar-refractivity contribution in [1.29, 1.82) is 0 Å². The molecule has 174 valence electrons. The molecule has 2 N–H and O–H groups in total. The number of anilines is 1. The Balaban J connectivity index is 1.28. The Labute approximate surface area is 205 Å². The second kappa shape index (κ2) is 10.6. The van der Waals surface area contributed by atoms with E-state index in [1.807, 2.05) is 68.7 Å². The van der Waals surface area contributed by atoms with Crippen LogP contribution in [-0.2, 0) is 18.4 Å². The number of benzene rings is 2. The van der Waals surface area contributed by atoms with Crippen LogP contribution < -0.4 is 10.6 Å². The van der Waals surface area contributed by atoms with Crippen molar-refractivity contribution in [2.45, 2.75) is 25.5 Å². The summed E-state index contributed by atoms with van der Waals surface area (Å²) in [6.45, 7) is 4.22. The molecular formula is C24H24N6O2S2. The minimum atomic E-state index is -0.174. The van der Waals surface area contributed by atoms with Gasteiger partial charge in [0.1, 0.15) is 0 Å². The van der Waals surface area contributed by atoms with Gasteiger partial charge in [0.05, 0.1) is 18.0 Å². The van der Waals surface area contributed by atoms with Gasteiger partial charge in [-0.05, 0) is 26.0 Å². The van der Waals surface area contributed by atoms with Crippen molar-refractivity contribution in [1.82, 2.24) is 25.1 Å². The van der Waals surface area contributed by atoms with Gasteiger partial charge in [-0.3, -0.25) is 9.59 Å². The molecule has 0 saturated carbocycles. The molecule has 4 aromatic rings. The van der Waals surface area contributed by atoms with E-state index in [9.17, 15) is 9.59 Å². The fraction of sp³-hybridized carbons (Fsp3) is 0.208. The van der Waals surface area contributed by atoms with Crippen molar-refractivity contribution in [3.63, 3.8) is 0 Å². The number of carbonyl (C=O) groups excluding carboxylic acids is 2. The second-order valence-corrected chi connectivity index (χ2v) is 9.55. The first-order valence-corrected chi connectivity index (χ1v) is 12.4. The molecule has 0 fully saturated rings. The third-order valence-electron chi connectivity index (χ3n) is 5.04. The van der Waals surface area contributed by atoms with Crippen molar-refractivity contribution < 1.29 is 9.59 Å². The minimum Gasteiger partial charge on any atom is -0.345 e. The molecule has 2 amide bonds. The van der Waals surface area contributed by atoms with Gasteiger partial charge in [0.15, 0.2) is 16.1 Å². The lowest BCUT2D eigenvalue weighted by molar-refractivity contribution is -0.113. The molecule has 0 unspecified atom stereocenters. The average molecular weight is 493 g/mol. The summed E-state index contributed by atoms with van der Waals surface area (Å²) in [4.78, 5) is 29.3. The molecule has 0 radical (unpaired) electrons. The summed E-state index contributed by atoms with van der Waals surface area (Å²) in [6.07, 6.45) is 0. The van der Waals surface area contributed by atoms with Crippen LogP contribution in [0.5, 0.6) is 0 Å². The zero-order valence-electron chi connectivity index (χ0n) is 19.0. The highest BCUT2D eigenvalue weighted by atomic mass is 32.2. The van der Waals surface area contributed by atoms with Crippen LogP contribution in [0.3, 0.4) is 0 Å². The quantitative estimate of drug-likeness (QED) is 0.357. The van der Waals surface area contributed by atoms with Crippen LogP contribution in [0.15, 0.2) is 59.1 Å². The maximum absolute atomic E-state index is 12.4. The molecule has 10 heteroatoms. The zero-order chi connectivity index (χ0) is 24.1. The molecular weight excluding hydrogens is 468 g/mol. The number of nitrogens with zero attached hydrogens (tertiary/aromatic N) is 4. The SMILES string of the molecule is Cc1ccc(-c2csc(NC(=O)CSc3nnc(CNC(=O)c4cccc(C)c4)n3C)n2)cc1. The predicted octanol–water partition coefficient (Wildman–Crippen LogP) is 4.22. The smallest absolute Gasteiger partial charge is 0.251 e. The molecule has 2 aromatic heterocycles. The van der Waals surface area contributed by atoms with Gasteiger partial charge >= 0.3 is 0 Å². The van der Waals surface area contributed by atoms with E-state index in [-0.39, 0.29) is 24.1 Å². The van der Waals surface area contributed by atoms with Gasteiger partial charge in [0.25, 0.3) is 5.91 Å². The zero-order valence-corrected chi connectivity index (χ0v) is 20.7. The summed E-state index contributed by atoms with van der Waals surface area (Å²) in [5, 5.41) is 17.0. The van der Waals surface area contributed by atoms with E-state index in [1.165, 1.54) is 28.7 Å². The van der Waals surface area contributed by atoms with E-state index < -0.39 is 0 Å². The third kappa shape index (κ3) is 5.89. The number of hydrogen-bond acceptors (Lipinski definition) is 7. The molecule has 0 bridgehead atoms. The van der Waals surface area contributed by atoms with Crippen molar-refractivity contribution in [2.24, 2.45) is 7.05 Å². The predicted molar refractivity (Wildman–Crippen MR) is 135 cm³/mol. The number of hydrogen-bond donors (Lipinski definition) is 2. The van der Waals surface area contributed by atoms with Crippen molar-refractivity contribution in [3.05, 3.63) is 76.4 Å². The lowest BCUT2D eigenvalue weighted by Gasteiger charge is -2.06. The summed E-state index contributed by atoms with van der Waals surface area (Å²) in [6, 6.07) is 15.5. The van der Waals surface area contributed by atoms with Crippen molar-refractivity contribution in [3.8, 4) is 11.3 Å². The topological polar surface area (TPSA) is 102 Å². The average Bonchev–Trinajstić information content (AvgIpc) is 3.43.